The maximum Gasteiger partial charge on any atom is 0.435 e. The van der Waals surface area contributed by atoms with Crippen LogP contribution in [0.5, 0.6) is 0 Å². The highest BCUT2D eigenvalue weighted by atomic mass is 19.4. The highest BCUT2D eigenvalue weighted by Crippen LogP contribution is 2.35. The quantitative estimate of drug-likeness (QED) is 0.489. The number of rotatable bonds is 5. The van der Waals surface area contributed by atoms with Crippen molar-refractivity contribution >= 4 is 11.9 Å². The zero-order valence-corrected chi connectivity index (χ0v) is 14.8. The largest absolute Gasteiger partial charge is 0.463 e. The standard InChI is InChI=1S/C17H22F3N3O3/c1-3-26-15(25)9-11(2)21-14(24)10-23-13-8-6-4-5-7-12(13)16(22-23)17(18,19)20/h9H,3-8,10H2,1-2H3,(H,21,24)/b11-9+. The van der Waals surface area contributed by atoms with Gasteiger partial charge in [-0.15, -0.1) is 0 Å². The minimum atomic E-state index is -4.55. The number of carbonyl (C=O) groups excluding carboxylic acids is 2. The molecule has 144 valence electrons. The van der Waals surface area contributed by atoms with E-state index in [1.54, 1.807) is 6.92 Å². The third-order valence-electron chi connectivity index (χ3n) is 4.03. The lowest BCUT2D eigenvalue weighted by Crippen LogP contribution is -2.28. The second kappa shape index (κ2) is 8.37. The van der Waals surface area contributed by atoms with Crippen LogP contribution in [0, 0.1) is 0 Å². The Balaban J connectivity index is 2.17. The second-order valence-corrected chi connectivity index (χ2v) is 6.12. The predicted molar refractivity (Wildman–Crippen MR) is 87.0 cm³/mol. The lowest BCUT2D eigenvalue weighted by atomic mass is 10.1. The number of nitrogens with zero attached hydrogens (tertiary/aromatic N) is 2. The van der Waals surface area contributed by atoms with Crippen molar-refractivity contribution in [2.24, 2.45) is 0 Å². The Morgan fingerprint density at radius 2 is 1.96 bits per heavy atom. The molecule has 26 heavy (non-hydrogen) atoms. The first-order valence-electron chi connectivity index (χ1n) is 8.53. The summed E-state index contributed by atoms with van der Waals surface area (Å²) in [5, 5.41) is 6.13. The number of carbonyl (C=O) groups is 2. The van der Waals surface area contributed by atoms with Crippen molar-refractivity contribution in [2.75, 3.05) is 6.61 Å². The molecule has 0 spiro atoms. The van der Waals surface area contributed by atoms with Gasteiger partial charge in [-0.05, 0) is 39.5 Å². The monoisotopic (exact) mass is 373 g/mol. The van der Waals surface area contributed by atoms with Gasteiger partial charge in [-0.3, -0.25) is 9.48 Å². The van der Waals surface area contributed by atoms with Gasteiger partial charge in [-0.2, -0.15) is 18.3 Å². The number of aromatic nitrogens is 2. The Bertz CT molecular complexity index is 708. The highest BCUT2D eigenvalue weighted by molar-refractivity contribution is 5.84. The number of nitrogens with one attached hydrogen (secondary N) is 1. The second-order valence-electron chi connectivity index (χ2n) is 6.12. The minimum absolute atomic E-state index is 0.196. The van der Waals surface area contributed by atoms with Gasteiger partial charge >= 0.3 is 12.1 Å². The lowest BCUT2D eigenvalue weighted by Gasteiger charge is -2.09. The molecule has 0 atom stereocenters. The summed E-state index contributed by atoms with van der Waals surface area (Å²) >= 11 is 0. The van der Waals surface area contributed by atoms with Crippen LogP contribution in [0.4, 0.5) is 13.2 Å². The molecule has 9 heteroatoms. The van der Waals surface area contributed by atoms with Crippen LogP contribution in [0.2, 0.25) is 0 Å². The Morgan fingerprint density at radius 1 is 1.27 bits per heavy atom. The topological polar surface area (TPSA) is 73.2 Å². The normalized spacial score (nSPS) is 15.2. The summed E-state index contributed by atoms with van der Waals surface area (Å²) in [4.78, 5) is 23.5. The summed E-state index contributed by atoms with van der Waals surface area (Å²) < 4.78 is 45.6. The van der Waals surface area contributed by atoms with Crippen LogP contribution in [0.3, 0.4) is 0 Å². The van der Waals surface area contributed by atoms with Crippen molar-refractivity contribution in [3.8, 4) is 0 Å². The van der Waals surface area contributed by atoms with Gasteiger partial charge in [0.1, 0.15) is 6.54 Å². The van der Waals surface area contributed by atoms with Gasteiger partial charge in [0, 0.05) is 23.0 Å². The summed E-state index contributed by atoms with van der Waals surface area (Å²) in [6, 6.07) is 0. The smallest absolute Gasteiger partial charge is 0.435 e. The van der Waals surface area contributed by atoms with Crippen LogP contribution >= 0.6 is 0 Å². The van der Waals surface area contributed by atoms with Gasteiger partial charge in [-0.25, -0.2) is 4.79 Å². The van der Waals surface area contributed by atoms with Crippen molar-refractivity contribution in [3.05, 3.63) is 28.7 Å². The number of alkyl halides is 3. The zero-order valence-electron chi connectivity index (χ0n) is 14.8. The van der Waals surface area contributed by atoms with Crippen LogP contribution in [0.15, 0.2) is 11.8 Å². The Labute approximate surface area is 149 Å². The van der Waals surface area contributed by atoms with Crippen molar-refractivity contribution in [3.63, 3.8) is 0 Å². The van der Waals surface area contributed by atoms with Gasteiger partial charge in [0.15, 0.2) is 5.69 Å². The summed E-state index contributed by atoms with van der Waals surface area (Å²) in [5.41, 5.74) is 0.0160. The van der Waals surface area contributed by atoms with E-state index in [4.69, 9.17) is 4.74 Å². The molecule has 0 saturated carbocycles. The molecule has 1 aliphatic rings. The first-order valence-corrected chi connectivity index (χ1v) is 8.53. The number of ether oxygens (including phenoxy) is 1. The molecule has 0 radical (unpaired) electrons. The van der Waals surface area contributed by atoms with Crippen molar-refractivity contribution in [1.29, 1.82) is 0 Å². The summed E-state index contributed by atoms with van der Waals surface area (Å²) in [7, 11) is 0. The molecule has 1 heterocycles. The SMILES string of the molecule is CCOC(=O)/C=C(\C)NC(=O)Cn1nc(C(F)(F)F)c2c1CCCCC2. The maximum atomic E-state index is 13.2. The van der Waals surface area contributed by atoms with Crippen LogP contribution in [-0.4, -0.2) is 28.3 Å². The molecule has 2 rings (SSSR count). The third kappa shape index (κ3) is 5.09. The molecular weight excluding hydrogens is 351 g/mol. The Hall–Kier alpha value is -2.32. The third-order valence-corrected chi connectivity index (χ3v) is 4.03. The fraction of sp³-hybridized carbons (Fsp3) is 0.588. The number of allylic oxidation sites excluding steroid dienone is 1. The summed E-state index contributed by atoms with van der Waals surface area (Å²) in [6.07, 6.45) is -0.368. The molecule has 0 fully saturated rings. The number of halogens is 3. The molecule has 1 aromatic heterocycles. The number of amides is 1. The molecule has 0 aromatic carbocycles. The Kier molecular flexibility index (Phi) is 6.44. The number of fused-ring (bicyclic) bond motifs is 1. The average molecular weight is 373 g/mol. The lowest BCUT2D eigenvalue weighted by molar-refractivity contribution is -0.142. The van der Waals surface area contributed by atoms with Gasteiger partial charge in [0.25, 0.3) is 0 Å². The van der Waals surface area contributed by atoms with Gasteiger partial charge in [0.2, 0.25) is 5.91 Å². The van der Waals surface area contributed by atoms with Crippen LogP contribution in [0.25, 0.3) is 0 Å². The van der Waals surface area contributed by atoms with E-state index in [2.05, 4.69) is 10.4 Å². The van der Waals surface area contributed by atoms with Crippen molar-refractivity contribution in [1.82, 2.24) is 15.1 Å². The van der Waals surface area contributed by atoms with Crippen molar-refractivity contribution < 1.29 is 27.5 Å². The van der Waals surface area contributed by atoms with E-state index in [-0.39, 0.29) is 24.4 Å². The molecule has 1 aliphatic carbocycles. The maximum absolute atomic E-state index is 13.2. The molecular formula is C17H22F3N3O3. The van der Waals surface area contributed by atoms with E-state index in [0.29, 0.717) is 25.0 Å². The summed E-state index contributed by atoms with van der Waals surface area (Å²) in [5.74, 6) is -1.15. The first kappa shape index (κ1) is 20.0. The van der Waals surface area contributed by atoms with E-state index in [1.807, 2.05) is 0 Å². The fourth-order valence-corrected chi connectivity index (χ4v) is 3.00. The zero-order chi connectivity index (χ0) is 19.3. The van der Waals surface area contributed by atoms with E-state index in [1.165, 1.54) is 6.92 Å². The van der Waals surface area contributed by atoms with Crippen LogP contribution in [0.1, 0.15) is 50.1 Å². The molecule has 0 bridgehead atoms. The molecule has 0 saturated heterocycles. The molecule has 6 nitrogen and oxygen atoms in total. The number of esters is 1. The van der Waals surface area contributed by atoms with E-state index >= 15 is 0 Å². The first-order chi connectivity index (χ1) is 12.2. The van der Waals surface area contributed by atoms with E-state index in [9.17, 15) is 22.8 Å². The molecule has 1 aromatic rings. The van der Waals surface area contributed by atoms with E-state index < -0.39 is 23.7 Å². The fourth-order valence-electron chi connectivity index (χ4n) is 3.00. The predicted octanol–water partition coefficient (Wildman–Crippen LogP) is 2.75. The van der Waals surface area contributed by atoms with Crippen LogP contribution in [-0.2, 0) is 39.9 Å². The van der Waals surface area contributed by atoms with Gasteiger partial charge in [0.05, 0.1) is 6.61 Å². The van der Waals surface area contributed by atoms with Gasteiger partial charge in [-0.1, -0.05) is 6.42 Å². The summed E-state index contributed by atoms with van der Waals surface area (Å²) in [6.45, 7) is 3.02. The van der Waals surface area contributed by atoms with E-state index in [0.717, 1.165) is 23.6 Å². The van der Waals surface area contributed by atoms with Gasteiger partial charge < -0.3 is 10.1 Å². The molecule has 0 aliphatic heterocycles. The molecule has 1 amide bonds. The number of hydrogen-bond donors (Lipinski definition) is 1. The molecule has 1 N–H and O–H groups in total. The number of hydrogen-bond acceptors (Lipinski definition) is 4. The minimum Gasteiger partial charge on any atom is -0.463 e. The highest BCUT2D eigenvalue weighted by Gasteiger charge is 2.39. The Morgan fingerprint density at radius 3 is 2.62 bits per heavy atom. The average Bonchev–Trinajstić information content (AvgIpc) is 2.70. The van der Waals surface area contributed by atoms with Crippen molar-refractivity contribution in [2.45, 2.75) is 58.7 Å². The van der Waals surface area contributed by atoms with Crippen LogP contribution < -0.4 is 5.32 Å². The molecule has 0 unspecified atom stereocenters.